The predicted octanol–water partition coefficient (Wildman–Crippen LogP) is 0.115. The Bertz CT molecular complexity index is 377. The van der Waals surface area contributed by atoms with E-state index in [0.29, 0.717) is 6.42 Å². The lowest BCUT2D eigenvalue weighted by atomic mass is 9.93. The largest absolute Gasteiger partial charge is 0.468 e. The lowest BCUT2D eigenvalue weighted by Gasteiger charge is -2.37. The number of esters is 1. The lowest BCUT2D eigenvalue weighted by Crippen LogP contribution is -2.49. The number of rotatable bonds is 7. The molecule has 0 radical (unpaired) electrons. The van der Waals surface area contributed by atoms with Crippen LogP contribution in [0.4, 0.5) is 0 Å². The summed E-state index contributed by atoms with van der Waals surface area (Å²) in [6.45, 7) is 1.53. The average molecular weight is 279 g/mol. The molecule has 1 aliphatic carbocycles. The zero-order chi connectivity index (χ0) is 13.8. The molecule has 1 N–H and O–H groups in total. The summed E-state index contributed by atoms with van der Waals surface area (Å²) in [7, 11) is -2.52. The van der Waals surface area contributed by atoms with Crippen LogP contribution in [-0.4, -0.2) is 55.4 Å². The van der Waals surface area contributed by atoms with Gasteiger partial charge in [0, 0.05) is 19.2 Å². The fourth-order valence-electron chi connectivity index (χ4n) is 1.91. The zero-order valence-corrected chi connectivity index (χ0v) is 11.6. The number of carbonyl (C=O) groups excluding carboxylic acids is 1. The van der Waals surface area contributed by atoms with E-state index in [0.717, 1.165) is 19.3 Å². The van der Waals surface area contributed by atoms with Gasteiger partial charge in [-0.25, -0.2) is 8.42 Å². The molecule has 0 aliphatic heterocycles. The Labute approximate surface area is 108 Å². The first-order valence-corrected chi connectivity index (χ1v) is 7.64. The number of hydrogen-bond acceptors (Lipinski definition) is 5. The molecule has 106 valence electrons. The van der Waals surface area contributed by atoms with Gasteiger partial charge in [-0.2, -0.15) is 4.31 Å². The highest BCUT2D eigenvalue weighted by atomic mass is 32.2. The highest BCUT2D eigenvalue weighted by molar-refractivity contribution is 7.90. The minimum Gasteiger partial charge on any atom is -0.468 e. The van der Waals surface area contributed by atoms with Gasteiger partial charge in [0.1, 0.15) is 0 Å². The third-order valence-electron chi connectivity index (χ3n) is 3.33. The van der Waals surface area contributed by atoms with E-state index < -0.39 is 21.2 Å². The molecule has 0 aromatic carbocycles. The minimum absolute atomic E-state index is 0.0337. The Morgan fingerprint density at radius 3 is 2.50 bits per heavy atom. The summed E-state index contributed by atoms with van der Waals surface area (Å²) in [4.78, 5) is 11.4. The first kappa shape index (κ1) is 15.4. The number of ether oxygens (including phenoxy) is 1. The second-order valence-corrected chi connectivity index (χ2v) is 6.69. The van der Waals surface area contributed by atoms with Gasteiger partial charge < -0.3 is 9.84 Å². The topological polar surface area (TPSA) is 83.9 Å². The molecule has 0 saturated heterocycles. The predicted molar refractivity (Wildman–Crippen MR) is 66.4 cm³/mol. The number of sulfonamides is 1. The second-order valence-electron chi connectivity index (χ2n) is 4.48. The average Bonchev–Trinajstić information content (AvgIpc) is 2.29. The molecule has 1 saturated carbocycles. The van der Waals surface area contributed by atoms with Crippen LogP contribution in [0.1, 0.15) is 32.6 Å². The number of methoxy groups -OCH3 is 1. The first-order valence-electron chi connectivity index (χ1n) is 6.14. The molecule has 0 amide bonds. The molecule has 1 aliphatic rings. The van der Waals surface area contributed by atoms with Crippen molar-refractivity contribution in [3.05, 3.63) is 0 Å². The summed E-state index contributed by atoms with van der Waals surface area (Å²) in [5.41, 5.74) is 0. The van der Waals surface area contributed by atoms with Crippen molar-refractivity contribution in [1.29, 1.82) is 0 Å². The Morgan fingerprint density at radius 1 is 1.50 bits per heavy atom. The Morgan fingerprint density at radius 2 is 2.11 bits per heavy atom. The van der Waals surface area contributed by atoms with Crippen molar-refractivity contribution in [2.75, 3.05) is 20.3 Å². The molecule has 0 bridgehead atoms. The van der Waals surface area contributed by atoms with Gasteiger partial charge in [0.2, 0.25) is 10.0 Å². The number of nitrogens with zero attached hydrogens (tertiary/aromatic N) is 1. The fraction of sp³-hybridized carbons (Fsp3) is 0.909. The number of aliphatic hydroxyl groups is 1. The van der Waals surface area contributed by atoms with Gasteiger partial charge >= 0.3 is 5.97 Å². The Hall–Kier alpha value is -0.660. The van der Waals surface area contributed by atoms with Crippen molar-refractivity contribution in [2.24, 2.45) is 0 Å². The molecular weight excluding hydrogens is 258 g/mol. The molecule has 1 unspecified atom stereocenters. The monoisotopic (exact) mass is 279 g/mol. The molecule has 0 spiro atoms. The van der Waals surface area contributed by atoms with Crippen LogP contribution in [0.15, 0.2) is 0 Å². The van der Waals surface area contributed by atoms with Crippen LogP contribution in [0.5, 0.6) is 0 Å². The van der Waals surface area contributed by atoms with Crippen LogP contribution in [0.25, 0.3) is 0 Å². The van der Waals surface area contributed by atoms with Gasteiger partial charge in [-0.1, -0.05) is 6.42 Å². The summed E-state index contributed by atoms with van der Waals surface area (Å²) in [6, 6.07) is -0.0337. The molecule has 0 heterocycles. The van der Waals surface area contributed by atoms with E-state index >= 15 is 0 Å². The highest BCUT2D eigenvalue weighted by Crippen LogP contribution is 2.28. The van der Waals surface area contributed by atoms with Crippen molar-refractivity contribution >= 4 is 16.0 Å². The summed E-state index contributed by atoms with van der Waals surface area (Å²) < 4.78 is 30.5. The third kappa shape index (κ3) is 3.21. The Kier molecular flexibility index (Phi) is 5.55. The maximum atomic E-state index is 12.3. The summed E-state index contributed by atoms with van der Waals surface area (Å²) in [5.74, 6) is -0.747. The lowest BCUT2D eigenvalue weighted by molar-refractivity contribution is -0.139. The SMILES string of the molecule is COC(=O)C(C)S(=O)(=O)N(CCCO)C1CCC1. The van der Waals surface area contributed by atoms with E-state index in [1.54, 1.807) is 0 Å². The molecule has 1 fully saturated rings. The normalized spacial score (nSPS) is 18.4. The van der Waals surface area contributed by atoms with Gasteiger partial charge in [-0.3, -0.25) is 4.79 Å². The molecule has 18 heavy (non-hydrogen) atoms. The molecule has 1 atom stereocenters. The van der Waals surface area contributed by atoms with Gasteiger partial charge in [-0.15, -0.1) is 0 Å². The number of carbonyl (C=O) groups is 1. The standard InChI is InChI=1S/C11H21NO5S/c1-9(11(14)17-2)18(15,16)12(7-4-8-13)10-5-3-6-10/h9-10,13H,3-8H2,1-2H3. The van der Waals surface area contributed by atoms with E-state index in [1.807, 2.05) is 0 Å². The molecule has 0 aromatic heterocycles. The second kappa shape index (κ2) is 6.49. The van der Waals surface area contributed by atoms with Gasteiger partial charge in [0.25, 0.3) is 0 Å². The van der Waals surface area contributed by atoms with Gasteiger partial charge in [-0.05, 0) is 26.2 Å². The van der Waals surface area contributed by atoms with Crippen molar-refractivity contribution < 1.29 is 23.1 Å². The van der Waals surface area contributed by atoms with Crippen LogP contribution >= 0.6 is 0 Å². The minimum atomic E-state index is -3.70. The third-order valence-corrected chi connectivity index (χ3v) is 5.55. The maximum Gasteiger partial charge on any atom is 0.325 e. The molecule has 6 nitrogen and oxygen atoms in total. The number of hydrogen-bond donors (Lipinski definition) is 1. The van der Waals surface area contributed by atoms with Crippen LogP contribution in [0.3, 0.4) is 0 Å². The van der Waals surface area contributed by atoms with Crippen molar-refractivity contribution in [2.45, 2.75) is 43.9 Å². The van der Waals surface area contributed by atoms with E-state index in [9.17, 15) is 13.2 Å². The van der Waals surface area contributed by atoms with Gasteiger partial charge in [0.05, 0.1) is 7.11 Å². The molecule has 1 rings (SSSR count). The van der Waals surface area contributed by atoms with Crippen molar-refractivity contribution in [3.63, 3.8) is 0 Å². The Balaban J connectivity index is 2.84. The zero-order valence-electron chi connectivity index (χ0n) is 10.8. The van der Waals surface area contributed by atoms with Crippen LogP contribution in [-0.2, 0) is 19.6 Å². The van der Waals surface area contributed by atoms with Gasteiger partial charge in [0.15, 0.2) is 5.25 Å². The molecule has 7 heteroatoms. The first-order chi connectivity index (χ1) is 8.45. The molecular formula is C11H21NO5S. The number of aliphatic hydroxyl groups excluding tert-OH is 1. The van der Waals surface area contributed by atoms with E-state index in [4.69, 9.17) is 5.11 Å². The van der Waals surface area contributed by atoms with Crippen molar-refractivity contribution in [3.8, 4) is 0 Å². The van der Waals surface area contributed by atoms with Crippen molar-refractivity contribution in [1.82, 2.24) is 4.31 Å². The summed E-state index contributed by atoms with van der Waals surface area (Å²) in [6.07, 6.45) is 3.02. The highest BCUT2D eigenvalue weighted by Gasteiger charge is 2.39. The smallest absolute Gasteiger partial charge is 0.325 e. The summed E-state index contributed by atoms with van der Waals surface area (Å²) >= 11 is 0. The molecule has 0 aromatic rings. The summed E-state index contributed by atoms with van der Waals surface area (Å²) in [5, 5.41) is 7.64. The van der Waals surface area contributed by atoms with E-state index in [-0.39, 0.29) is 19.2 Å². The van der Waals surface area contributed by atoms with E-state index in [2.05, 4.69) is 4.74 Å². The fourth-order valence-corrected chi connectivity index (χ4v) is 3.67. The van der Waals surface area contributed by atoms with E-state index in [1.165, 1.54) is 18.3 Å². The quantitative estimate of drug-likeness (QED) is 0.669. The van der Waals surface area contributed by atoms with Crippen LogP contribution in [0.2, 0.25) is 0 Å². The van der Waals surface area contributed by atoms with Crippen LogP contribution < -0.4 is 0 Å². The maximum absolute atomic E-state index is 12.3. The van der Waals surface area contributed by atoms with Crippen LogP contribution in [0, 0.1) is 0 Å².